The van der Waals surface area contributed by atoms with E-state index >= 15 is 0 Å². The van der Waals surface area contributed by atoms with Crippen LogP contribution in [-0.4, -0.2) is 10.3 Å². The van der Waals surface area contributed by atoms with Crippen molar-refractivity contribution in [2.75, 3.05) is 11.1 Å². The molecule has 0 saturated carbocycles. The maximum Gasteiger partial charge on any atom is 0.152 e. The number of alkyl halides is 2. The lowest BCUT2D eigenvalue weighted by Gasteiger charge is -2.04. The van der Waals surface area contributed by atoms with Gasteiger partial charge in [0, 0.05) is 11.5 Å². The van der Waals surface area contributed by atoms with Crippen LogP contribution >= 0.6 is 27.5 Å². The number of anilines is 1. The average Bonchev–Trinajstić information content (AvgIpc) is 2.08. The fraction of sp³-hybridized carbons (Fsp3) is 0.286. The van der Waals surface area contributed by atoms with Gasteiger partial charge < -0.3 is 5.73 Å². The van der Waals surface area contributed by atoms with Crippen LogP contribution in [0, 0.1) is 0 Å². The van der Waals surface area contributed by atoms with E-state index in [0.717, 1.165) is 0 Å². The Labute approximate surface area is 83.1 Å². The molecule has 1 aromatic rings. The quantitative estimate of drug-likeness (QED) is 0.823. The van der Waals surface area contributed by atoms with Gasteiger partial charge in [-0.25, -0.2) is 4.39 Å². The minimum Gasteiger partial charge on any atom is -0.397 e. The monoisotopic (exact) mass is 252 g/mol. The van der Waals surface area contributed by atoms with Gasteiger partial charge in [0.1, 0.15) is 0 Å². The molecule has 1 rings (SSSR count). The van der Waals surface area contributed by atoms with Crippen LogP contribution in [0.4, 0.5) is 10.1 Å². The number of hydrogen-bond acceptors (Lipinski definition) is 2. The van der Waals surface area contributed by atoms with Gasteiger partial charge in [-0.1, -0.05) is 27.5 Å². The van der Waals surface area contributed by atoms with Crippen LogP contribution in [-0.2, 0) is 0 Å². The number of rotatable bonds is 2. The fourth-order valence-electron chi connectivity index (χ4n) is 0.722. The van der Waals surface area contributed by atoms with Crippen LogP contribution in [0.3, 0.4) is 0 Å². The van der Waals surface area contributed by atoms with Gasteiger partial charge in [-0.05, 0) is 6.07 Å². The number of nitrogens with zero attached hydrogens (tertiary/aromatic N) is 1. The van der Waals surface area contributed by atoms with Crippen LogP contribution in [0.1, 0.15) is 11.9 Å². The molecule has 1 aromatic heterocycles. The molecule has 0 aliphatic carbocycles. The fourth-order valence-corrected chi connectivity index (χ4v) is 1.16. The van der Waals surface area contributed by atoms with Gasteiger partial charge in [-0.3, -0.25) is 4.98 Å². The number of halogens is 3. The Morgan fingerprint density at radius 2 is 2.42 bits per heavy atom. The van der Waals surface area contributed by atoms with Gasteiger partial charge in [-0.2, -0.15) is 0 Å². The third kappa shape index (κ3) is 2.08. The molecule has 0 aromatic carbocycles. The lowest BCUT2D eigenvalue weighted by Crippen LogP contribution is -1.98. The van der Waals surface area contributed by atoms with Crippen molar-refractivity contribution in [3.05, 3.63) is 23.0 Å². The summed E-state index contributed by atoms with van der Waals surface area (Å²) in [7, 11) is 0. The number of nitrogen functional groups attached to an aromatic ring is 1. The molecular weight excluding hydrogens is 246 g/mol. The minimum atomic E-state index is -1.13. The molecule has 2 nitrogen and oxygen atoms in total. The van der Waals surface area contributed by atoms with Gasteiger partial charge in [0.2, 0.25) is 0 Å². The van der Waals surface area contributed by atoms with Crippen molar-refractivity contribution in [1.29, 1.82) is 0 Å². The Morgan fingerprint density at radius 3 is 2.92 bits per heavy atom. The number of hydrogen-bond donors (Lipinski definition) is 1. The van der Waals surface area contributed by atoms with Gasteiger partial charge >= 0.3 is 0 Å². The molecule has 0 spiro atoms. The first-order valence-corrected chi connectivity index (χ1v) is 4.76. The average molecular weight is 254 g/mol. The normalized spacial score (nSPS) is 12.9. The first kappa shape index (κ1) is 9.74. The zero-order chi connectivity index (χ0) is 9.14. The maximum absolute atomic E-state index is 13.0. The van der Waals surface area contributed by atoms with E-state index in [-0.39, 0.29) is 5.33 Å². The van der Waals surface area contributed by atoms with Crippen LogP contribution in [0.25, 0.3) is 0 Å². The van der Waals surface area contributed by atoms with Crippen molar-refractivity contribution in [1.82, 2.24) is 4.98 Å². The summed E-state index contributed by atoms with van der Waals surface area (Å²) in [6, 6.07) is 1.44. The Balaban J connectivity index is 2.96. The van der Waals surface area contributed by atoms with Crippen LogP contribution in [0.2, 0.25) is 5.02 Å². The zero-order valence-corrected chi connectivity index (χ0v) is 8.44. The molecule has 12 heavy (non-hydrogen) atoms. The van der Waals surface area contributed by atoms with E-state index in [9.17, 15) is 4.39 Å². The summed E-state index contributed by atoms with van der Waals surface area (Å²) in [4.78, 5) is 3.79. The van der Waals surface area contributed by atoms with E-state index in [1.807, 2.05) is 0 Å². The molecule has 0 aliphatic rings. The maximum atomic E-state index is 13.0. The Hall–Kier alpha value is -0.350. The third-order valence-electron chi connectivity index (χ3n) is 1.36. The van der Waals surface area contributed by atoms with Crippen molar-refractivity contribution in [2.45, 2.75) is 6.17 Å². The summed E-state index contributed by atoms with van der Waals surface area (Å²) < 4.78 is 13.0. The smallest absolute Gasteiger partial charge is 0.152 e. The Kier molecular flexibility index (Phi) is 3.29. The molecule has 66 valence electrons. The third-order valence-corrected chi connectivity index (χ3v) is 2.25. The Morgan fingerprint density at radius 1 is 1.75 bits per heavy atom. The summed E-state index contributed by atoms with van der Waals surface area (Å²) >= 11 is 8.61. The molecule has 0 saturated heterocycles. The van der Waals surface area contributed by atoms with Gasteiger partial charge in [0.15, 0.2) is 6.17 Å². The van der Waals surface area contributed by atoms with Gasteiger partial charge in [0.05, 0.1) is 16.4 Å². The van der Waals surface area contributed by atoms with Crippen molar-refractivity contribution in [2.24, 2.45) is 0 Å². The molecule has 1 atom stereocenters. The molecule has 0 amide bonds. The Bertz CT molecular complexity index is 282. The SMILES string of the molecule is Nc1cc(C(F)CBr)ncc1Cl. The van der Waals surface area contributed by atoms with E-state index in [2.05, 4.69) is 20.9 Å². The van der Waals surface area contributed by atoms with Crippen molar-refractivity contribution in [3.8, 4) is 0 Å². The first-order valence-electron chi connectivity index (χ1n) is 3.26. The highest BCUT2D eigenvalue weighted by Gasteiger charge is 2.10. The van der Waals surface area contributed by atoms with E-state index in [4.69, 9.17) is 17.3 Å². The van der Waals surface area contributed by atoms with Crippen molar-refractivity contribution >= 4 is 33.2 Å². The van der Waals surface area contributed by atoms with Crippen LogP contribution in [0.5, 0.6) is 0 Å². The standard InChI is InChI=1S/C7H7BrClFN2/c8-2-5(10)7-1-6(11)4(9)3-12-7/h1,3,5H,2H2,(H2,11,12). The highest BCUT2D eigenvalue weighted by molar-refractivity contribution is 9.09. The summed E-state index contributed by atoms with van der Waals surface area (Å²) in [5, 5.41) is 0.557. The van der Waals surface area contributed by atoms with Crippen LogP contribution < -0.4 is 5.73 Å². The van der Waals surface area contributed by atoms with Crippen LogP contribution in [0.15, 0.2) is 12.3 Å². The molecule has 5 heteroatoms. The number of aromatic nitrogens is 1. The molecule has 1 unspecified atom stereocenters. The highest BCUT2D eigenvalue weighted by atomic mass is 79.9. The van der Waals surface area contributed by atoms with E-state index in [1.54, 1.807) is 0 Å². The topological polar surface area (TPSA) is 38.9 Å². The lowest BCUT2D eigenvalue weighted by atomic mass is 10.2. The van der Waals surface area contributed by atoms with E-state index in [1.165, 1.54) is 12.3 Å². The largest absolute Gasteiger partial charge is 0.397 e. The predicted octanol–water partition coefficient (Wildman–Crippen LogP) is 2.72. The molecule has 2 N–H and O–H groups in total. The van der Waals surface area contributed by atoms with E-state index in [0.29, 0.717) is 16.4 Å². The van der Waals surface area contributed by atoms with Gasteiger partial charge in [0.25, 0.3) is 0 Å². The minimum absolute atomic E-state index is 0.209. The first-order chi connectivity index (χ1) is 5.65. The van der Waals surface area contributed by atoms with Gasteiger partial charge in [-0.15, -0.1) is 0 Å². The molecule has 0 radical (unpaired) electrons. The predicted molar refractivity (Wildman–Crippen MR) is 51.3 cm³/mol. The lowest BCUT2D eigenvalue weighted by molar-refractivity contribution is 0.374. The zero-order valence-electron chi connectivity index (χ0n) is 6.10. The summed E-state index contributed by atoms with van der Waals surface area (Å²) in [6.45, 7) is 0. The molecule has 0 fully saturated rings. The summed E-state index contributed by atoms with van der Waals surface area (Å²) in [5.74, 6) is 0. The van der Waals surface area contributed by atoms with Crippen molar-refractivity contribution in [3.63, 3.8) is 0 Å². The second-order valence-electron chi connectivity index (χ2n) is 2.25. The molecule has 1 heterocycles. The number of nitrogens with two attached hydrogens (primary N) is 1. The molecular formula is C7H7BrClFN2. The second kappa shape index (κ2) is 4.05. The highest BCUT2D eigenvalue weighted by Crippen LogP contribution is 2.23. The second-order valence-corrected chi connectivity index (χ2v) is 3.31. The molecule has 0 aliphatic heterocycles. The summed E-state index contributed by atoms with van der Waals surface area (Å²) in [5.41, 5.74) is 6.11. The molecule has 0 bridgehead atoms. The summed E-state index contributed by atoms with van der Waals surface area (Å²) in [6.07, 6.45) is 0.214. The number of pyridine rings is 1. The van der Waals surface area contributed by atoms with Crippen molar-refractivity contribution < 1.29 is 4.39 Å². The van der Waals surface area contributed by atoms with E-state index < -0.39 is 6.17 Å².